The number of carbonyl (C=O) groups excluding carboxylic acids is 2. The highest BCUT2D eigenvalue weighted by molar-refractivity contribution is 6.42. The SMILES string of the molecule is CN(C)C(=O)Cc1ccccc1NC(=O)NC(C)(C)c1ccc(Cl)c(Cl)c1. The number of hydrogen-bond acceptors (Lipinski definition) is 2. The Kier molecular flexibility index (Phi) is 6.73. The first-order chi connectivity index (χ1) is 12.6. The first-order valence-electron chi connectivity index (χ1n) is 8.43. The van der Waals surface area contributed by atoms with Gasteiger partial charge >= 0.3 is 6.03 Å². The lowest BCUT2D eigenvalue weighted by atomic mass is 9.94. The minimum atomic E-state index is -0.674. The summed E-state index contributed by atoms with van der Waals surface area (Å²) in [4.78, 5) is 26.1. The van der Waals surface area contributed by atoms with E-state index in [1.807, 2.05) is 38.1 Å². The molecule has 0 atom stereocenters. The van der Waals surface area contributed by atoms with Crippen LogP contribution in [0.15, 0.2) is 42.5 Å². The van der Waals surface area contributed by atoms with E-state index in [-0.39, 0.29) is 18.4 Å². The first-order valence-corrected chi connectivity index (χ1v) is 9.18. The molecule has 2 aromatic carbocycles. The zero-order valence-electron chi connectivity index (χ0n) is 15.8. The second-order valence-electron chi connectivity index (χ2n) is 6.96. The number of para-hydroxylation sites is 1. The molecule has 7 heteroatoms. The van der Waals surface area contributed by atoms with Crippen molar-refractivity contribution >= 4 is 40.8 Å². The topological polar surface area (TPSA) is 61.4 Å². The van der Waals surface area contributed by atoms with Crippen molar-refractivity contribution < 1.29 is 9.59 Å². The molecule has 2 aromatic rings. The summed E-state index contributed by atoms with van der Waals surface area (Å²) in [6, 6.07) is 12.1. The van der Waals surface area contributed by atoms with Gasteiger partial charge in [-0.2, -0.15) is 0 Å². The molecule has 0 unspecified atom stereocenters. The van der Waals surface area contributed by atoms with Crippen molar-refractivity contribution in [1.82, 2.24) is 10.2 Å². The Hall–Kier alpha value is -2.24. The summed E-state index contributed by atoms with van der Waals surface area (Å²) in [5.41, 5.74) is 1.49. The molecule has 0 saturated carbocycles. The van der Waals surface area contributed by atoms with Crippen LogP contribution in [0.5, 0.6) is 0 Å². The Morgan fingerprint density at radius 2 is 1.70 bits per heavy atom. The highest BCUT2D eigenvalue weighted by Crippen LogP contribution is 2.28. The predicted octanol–water partition coefficient (Wildman–Crippen LogP) is 4.68. The van der Waals surface area contributed by atoms with E-state index in [4.69, 9.17) is 23.2 Å². The molecule has 0 spiro atoms. The second kappa shape index (κ2) is 8.63. The summed E-state index contributed by atoms with van der Waals surface area (Å²) in [6.45, 7) is 3.74. The standard InChI is InChI=1S/C20H23Cl2N3O2/c1-20(2,14-9-10-15(21)16(22)12-14)24-19(27)23-17-8-6-5-7-13(17)11-18(26)25(3)4/h5-10,12H,11H2,1-4H3,(H2,23,24,27). The number of rotatable bonds is 5. The van der Waals surface area contributed by atoms with Gasteiger partial charge in [0.25, 0.3) is 0 Å². The molecule has 27 heavy (non-hydrogen) atoms. The summed E-state index contributed by atoms with van der Waals surface area (Å²) in [6.07, 6.45) is 0.208. The average Bonchev–Trinajstić information content (AvgIpc) is 2.58. The van der Waals surface area contributed by atoms with Crippen LogP contribution in [0, 0.1) is 0 Å². The monoisotopic (exact) mass is 407 g/mol. The van der Waals surface area contributed by atoms with Crippen molar-refractivity contribution in [3.05, 3.63) is 63.6 Å². The van der Waals surface area contributed by atoms with E-state index in [0.717, 1.165) is 11.1 Å². The van der Waals surface area contributed by atoms with E-state index in [1.165, 1.54) is 4.90 Å². The summed E-state index contributed by atoms with van der Waals surface area (Å²) in [5, 5.41) is 6.64. The van der Waals surface area contributed by atoms with Gasteiger partial charge < -0.3 is 15.5 Å². The molecule has 5 nitrogen and oxygen atoms in total. The Morgan fingerprint density at radius 3 is 2.33 bits per heavy atom. The molecule has 144 valence electrons. The summed E-state index contributed by atoms with van der Waals surface area (Å²) in [7, 11) is 3.40. The smallest absolute Gasteiger partial charge is 0.319 e. The Bertz CT molecular complexity index is 851. The number of hydrogen-bond donors (Lipinski definition) is 2. The van der Waals surface area contributed by atoms with Crippen molar-refractivity contribution in [2.75, 3.05) is 19.4 Å². The van der Waals surface area contributed by atoms with Crippen LogP contribution in [0.4, 0.5) is 10.5 Å². The Balaban J connectivity index is 2.13. The number of likely N-dealkylation sites (N-methyl/N-ethyl adjacent to an activating group) is 1. The van der Waals surface area contributed by atoms with Gasteiger partial charge in [-0.1, -0.05) is 47.5 Å². The van der Waals surface area contributed by atoms with Gasteiger partial charge in [-0.15, -0.1) is 0 Å². The third-order valence-corrected chi connectivity index (χ3v) is 4.91. The fourth-order valence-corrected chi connectivity index (χ4v) is 2.81. The average molecular weight is 408 g/mol. The molecule has 0 aromatic heterocycles. The lowest BCUT2D eigenvalue weighted by Crippen LogP contribution is -2.43. The molecule has 0 aliphatic heterocycles. The number of carbonyl (C=O) groups is 2. The molecular formula is C20H23Cl2N3O2. The molecule has 0 aliphatic carbocycles. The van der Waals surface area contributed by atoms with Crippen LogP contribution >= 0.6 is 23.2 Å². The van der Waals surface area contributed by atoms with Gasteiger partial charge in [-0.05, 0) is 43.2 Å². The fraction of sp³-hybridized carbons (Fsp3) is 0.300. The zero-order valence-corrected chi connectivity index (χ0v) is 17.3. The van der Waals surface area contributed by atoms with Gasteiger partial charge in [0.15, 0.2) is 0 Å². The molecule has 0 radical (unpaired) electrons. The Labute approximate surface area is 169 Å². The van der Waals surface area contributed by atoms with Crippen LogP contribution in [0.3, 0.4) is 0 Å². The molecular weight excluding hydrogens is 385 g/mol. The van der Waals surface area contributed by atoms with E-state index in [9.17, 15) is 9.59 Å². The van der Waals surface area contributed by atoms with Crippen molar-refractivity contribution in [2.24, 2.45) is 0 Å². The van der Waals surface area contributed by atoms with Crippen molar-refractivity contribution in [3.63, 3.8) is 0 Å². The maximum atomic E-state index is 12.5. The number of benzene rings is 2. The molecule has 2 N–H and O–H groups in total. The van der Waals surface area contributed by atoms with Gasteiger partial charge in [-0.3, -0.25) is 4.79 Å². The van der Waals surface area contributed by atoms with Gasteiger partial charge in [0.2, 0.25) is 5.91 Å². The molecule has 0 aliphatic rings. The number of amides is 3. The van der Waals surface area contributed by atoms with E-state index in [2.05, 4.69) is 10.6 Å². The third-order valence-electron chi connectivity index (χ3n) is 4.17. The van der Waals surface area contributed by atoms with Gasteiger partial charge in [0.1, 0.15) is 0 Å². The molecule has 0 saturated heterocycles. The van der Waals surface area contributed by atoms with E-state index >= 15 is 0 Å². The van der Waals surface area contributed by atoms with Gasteiger partial charge in [0.05, 0.1) is 22.0 Å². The van der Waals surface area contributed by atoms with Crippen LogP contribution in [-0.2, 0) is 16.8 Å². The van der Waals surface area contributed by atoms with E-state index < -0.39 is 5.54 Å². The van der Waals surface area contributed by atoms with Crippen LogP contribution in [0.2, 0.25) is 10.0 Å². The van der Waals surface area contributed by atoms with Crippen LogP contribution < -0.4 is 10.6 Å². The zero-order chi connectivity index (χ0) is 20.2. The highest BCUT2D eigenvalue weighted by atomic mass is 35.5. The number of nitrogens with zero attached hydrogens (tertiary/aromatic N) is 1. The third kappa shape index (κ3) is 5.62. The maximum Gasteiger partial charge on any atom is 0.319 e. The van der Waals surface area contributed by atoms with E-state index in [1.54, 1.807) is 32.3 Å². The number of nitrogens with one attached hydrogen (secondary N) is 2. The predicted molar refractivity (Wildman–Crippen MR) is 110 cm³/mol. The molecule has 2 rings (SSSR count). The van der Waals surface area contributed by atoms with Crippen molar-refractivity contribution in [3.8, 4) is 0 Å². The van der Waals surface area contributed by atoms with Crippen molar-refractivity contribution in [1.29, 1.82) is 0 Å². The first kappa shape index (κ1) is 21.1. The molecule has 0 fully saturated rings. The number of anilines is 1. The minimum Gasteiger partial charge on any atom is -0.349 e. The highest BCUT2D eigenvalue weighted by Gasteiger charge is 2.24. The van der Waals surface area contributed by atoms with E-state index in [0.29, 0.717) is 15.7 Å². The van der Waals surface area contributed by atoms with Gasteiger partial charge in [-0.25, -0.2) is 4.79 Å². The van der Waals surface area contributed by atoms with Crippen LogP contribution in [-0.4, -0.2) is 30.9 Å². The lowest BCUT2D eigenvalue weighted by Gasteiger charge is -2.27. The van der Waals surface area contributed by atoms with Crippen LogP contribution in [0.25, 0.3) is 0 Å². The van der Waals surface area contributed by atoms with Crippen LogP contribution in [0.1, 0.15) is 25.0 Å². The number of urea groups is 1. The van der Waals surface area contributed by atoms with Gasteiger partial charge in [0, 0.05) is 19.8 Å². The minimum absolute atomic E-state index is 0.0409. The molecule has 0 heterocycles. The van der Waals surface area contributed by atoms with Crippen molar-refractivity contribution in [2.45, 2.75) is 25.8 Å². The number of halogens is 2. The summed E-state index contributed by atoms with van der Waals surface area (Å²) >= 11 is 12.0. The largest absolute Gasteiger partial charge is 0.349 e. The summed E-state index contributed by atoms with van der Waals surface area (Å²) in [5.74, 6) is -0.0409. The molecule has 0 bridgehead atoms. The second-order valence-corrected chi connectivity index (χ2v) is 7.77. The Morgan fingerprint density at radius 1 is 1.04 bits per heavy atom. The maximum absolute atomic E-state index is 12.5. The lowest BCUT2D eigenvalue weighted by molar-refractivity contribution is -0.127. The normalized spacial score (nSPS) is 11.0. The summed E-state index contributed by atoms with van der Waals surface area (Å²) < 4.78 is 0. The quantitative estimate of drug-likeness (QED) is 0.755. The fourth-order valence-electron chi connectivity index (χ4n) is 2.51. The molecule has 3 amide bonds.